The monoisotopic (exact) mass is 466 g/mol. The molecule has 0 bridgehead atoms. The zero-order chi connectivity index (χ0) is 23.2. The molecule has 0 spiro atoms. The number of benzene rings is 2. The van der Waals surface area contributed by atoms with Crippen LogP contribution in [0.1, 0.15) is 20.7 Å². The third-order valence-corrected chi connectivity index (χ3v) is 5.17. The average molecular weight is 466 g/mol. The van der Waals surface area contributed by atoms with Crippen molar-refractivity contribution in [2.45, 2.75) is 6.61 Å². The van der Waals surface area contributed by atoms with Gasteiger partial charge in [0.25, 0.3) is 11.8 Å². The van der Waals surface area contributed by atoms with Crippen LogP contribution in [-0.2, 0) is 0 Å². The summed E-state index contributed by atoms with van der Waals surface area (Å²) < 4.78 is 29.9. The fourth-order valence-corrected chi connectivity index (χ4v) is 3.65. The number of hydrogen-bond acceptors (Lipinski definition) is 6. The Morgan fingerprint density at radius 2 is 1.73 bits per heavy atom. The van der Waals surface area contributed by atoms with E-state index in [0.29, 0.717) is 28.1 Å². The smallest absolute Gasteiger partial charge is 0.387 e. The Labute approximate surface area is 191 Å². The number of carbonyl (C=O) groups is 2. The highest BCUT2D eigenvalue weighted by Gasteiger charge is 2.15. The van der Waals surface area contributed by atoms with Crippen molar-refractivity contribution < 1.29 is 23.1 Å². The Morgan fingerprint density at radius 3 is 2.52 bits per heavy atom. The number of nitrogens with zero attached hydrogens (tertiary/aromatic N) is 2. The van der Waals surface area contributed by atoms with Gasteiger partial charge in [0.05, 0.1) is 11.3 Å². The summed E-state index contributed by atoms with van der Waals surface area (Å²) in [6.45, 7) is -2.96. The van der Waals surface area contributed by atoms with Crippen LogP contribution in [0.5, 0.6) is 5.75 Å². The van der Waals surface area contributed by atoms with Gasteiger partial charge in [-0.25, -0.2) is 4.98 Å². The number of para-hydroxylation sites is 1. The Bertz CT molecular complexity index is 1280. The molecular formula is C23H16F2N4O3S. The first kappa shape index (κ1) is 22.0. The summed E-state index contributed by atoms with van der Waals surface area (Å²) in [5.74, 6) is -0.798. The number of pyridine rings is 1. The van der Waals surface area contributed by atoms with Crippen LogP contribution in [0.2, 0.25) is 0 Å². The van der Waals surface area contributed by atoms with Gasteiger partial charge in [-0.15, -0.1) is 11.3 Å². The number of halogens is 2. The van der Waals surface area contributed by atoms with E-state index in [0.717, 1.165) is 11.3 Å². The van der Waals surface area contributed by atoms with Crippen LogP contribution in [0.15, 0.2) is 78.4 Å². The molecule has 0 saturated carbocycles. The molecule has 10 heteroatoms. The maximum atomic E-state index is 12.7. The van der Waals surface area contributed by atoms with Gasteiger partial charge in [0, 0.05) is 34.6 Å². The molecule has 166 valence electrons. The Kier molecular flexibility index (Phi) is 6.65. The number of rotatable bonds is 7. The number of nitrogens with one attached hydrogen (secondary N) is 2. The van der Waals surface area contributed by atoms with E-state index in [1.165, 1.54) is 18.3 Å². The number of carbonyl (C=O) groups excluding carboxylic acids is 2. The van der Waals surface area contributed by atoms with Crippen LogP contribution >= 0.6 is 11.3 Å². The van der Waals surface area contributed by atoms with Crippen LogP contribution < -0.4 is 15.4 Å². The molecule has 7 nitrogen and oxygen atoms in total. The lowest BCUT2D eigenvalue weighted by Crippen LogP contribution is -2.14. The molecule has 4 rings (SSSR count). The van der Waals surface area contributed by atoms with Crippen molar-refractivity contribution in [1.29, 1.82) is 0 Å². The molecule has 0 aliphatic heterocycles. The molecule has 33 heavy (non-hydrogen) atoms. The molecule has 2 amide bonds. The highest BCUT2D eigenvalue weighted by Crippen LogP contribution is 2.33. The van der Waals surface area contributed by atoms with Gasteiger partial charge in [0.1, 0.15) is 5.75 Å². The molecule has 0 atom stereocenters. The summed E-state index contributed by atoms with van der Waals surface area (Å²) in [6, 6.07) is 16.0. The maximum absolute atomic E-state index is 12.7. The van der Waals surface area contributed by atoms with E-state index in [2.05, 4.69) is 25.3 Å². The van der Waals surface area contributed by atoms with Crippen LogP contribution in [0.3, 0.4) is 0 Å². The predicted molar refractivity (Wildman–Crippen MR) is 121 cm³/mol. The van der Waals surface area contributed by atoms with Crippen LogP contribution in [0.4, 0.5) is 19.6 Å². The van der Waals surface area contributed by atoms with Crippen molar-refractivity contribution in [3.05, 3.63) is 89.6 Å². The van der Waals surface area contributed by atoms with Gasteiger partial charge in [0.2, 0.25) is 0 Å². The minimum atomic E-state index is -2.96. The Morgan fingerprint density at radius 1 is 0.939 bits per heavy atom. The SMILES string of the molecule is O=C(Nc1cccc(C(=O)Nc2nc(-c3ccccc3OC(F)F)cs2)c1)c1cccnc1. The Hall–Kier alpha value is -4.18. The number of hydrogen-bond donors (Lipinski definition) is 2. The second kappa shape index (κ2) is 9.96. The number of ether oxygens (including phenoxy) is 1. The Balaban J connectivity index is 1.46. The molecule has 2 heterocycles. The van der Waals surface area contributed by atoms with Crippen LogP contribution in [0, 0.1) is 0 Å². The minimum Gasteiger partial charge on any atom is -0.434 e. The quantitative estimate of drug-likeness (QED) is 0.385. The first-order valence-corrected chi connectivity index (χ1v) is 10.5. The van der Waals surface area contributed by atoms with Crippen molar-refractivity contribution in [1.82, 2.24) is 9.97 Å². The lowest BCUT2D eigenvalue weighted by Gasteiger charge is -2.08. The van der Waals surface area contributed by atoms with Crippen molar-refractivity contribution in [3.63, 3.8) is 0 Å². The standard InChI is InChI=1S/C23H16F2N4O3S/c24-22(25)32-19-9-2-1-8-17(19)18-13-33-23(28-18)29-20(30)14-5-3-7-16(11-14)27-21(31)15-6-4-10-26-12-15/h1-13,22H,(H,27,31)(H,28,29,30). The van der Waals surface area contributed by atoms with Gasteiger partial charge >= 0.3 is 6.61 Å². The third kappa shape index (κ3) is 5.55. The van der Waals surface area contributed by atoms with E-state index < -0.39 is 12.5 Å². The number of alkyl halides is 2. The van der Waals surface area contributed by atoms with Gasteiger partial charge < -0.3 is 10.1 Å². The van der Waals surface area contributed by atoms with Gasteiger partial charge in [-0.1, -0.05) is 18.2 Å². The molecule has 0 unspecified atom stereocenters. The molecule has 0 saturated heterocycles. The van der Waals surface area contributed by atoms with Gasteiger partial charge in [-0.05, 0) is 42.5 Å². The van der Waals surface area contributed by atoms with Gasteiger partial charge in [-0.2, -0.15) is 8.78 Å². The van der Waals surface area contributed by atoms with E-state index in [1.807, 2.05) is 0 Å². The summed E-state index contributed by atoms with van der Waals surface area (Å²) in [4.78, 5) is 33.2. The number of amides is 2. The van der Waals surface area contributed by atoms with Crippen molar-refractivity contribution in [3.8, 4) is 17.0 Å². The van der Waals surface area contributed by atoms with Crippen LogP contribution in [-0.4, -0.2) is 28.4 Å². The fraction of sp³-hybridized carbons (Fsp3) is 0.0435. The third-order valence-electron chi connectivity index (χ3n) is 4.41. The molecule has 4 aromatic rings. The number of thiazole rings is 1. The van der Waals surface area contributed by atoms with Crippen molar-refractivity contribution in [2.24, 2.45) is 0 Å². The predicted octanol–water partition coefficient (Wildman–Crippen LogP) is 5.31. The normalized spacial score (nSPS) is 10.6. The van der Waals surface area contributed by atoms with Gasteiger partial charge in [-0.3, -0.25) is 19.9 Å². The maximum Gasteiger partial charge on any atom is 0.387 e. The lowest BCUT2D eigenvalue weighted by atomic mass is 10.1. The zero-order valence-corrected chi connectivity index (χ0v) is 17.7. The highest BCUT2D eigenvalue weighted by atomic mass is 32.1. The van der Waals surface area contributed by atoms with E-state index in [9.17, 15) is 18.4 Å². The molecule has 0 fully saturated rings. The topological polar surface area (TPSA) is 93.2 Å². The largest absolute Gasteiger partial charge is 0.434 e. The average Bonchev–Trinajstić information content (AvgIpc) is 3.28. The molecule has 0 aliphatic carbocycles. The number of anilines is 2. The second-order valence-electron chi connectivity index (χ2n) is 6.64. The van der Waals surface area contributed by atoms with E-state index in [1.54, 1.807) is 60.1 Å². The highest BCUT2D eigenvalue weighted by molar-refractivity contribution is 7.14. The zero-order valence-electron chi connectivity index (χ0n) is 16.9. The molecular weight excluding hydrogens is 450 g/mol. The number of aromatic nitrogens is 2. The van der Waals surface area contributed by atoms with E-state index in [4.69, 9.17) is 0 Å². The van der Waals surface area contributed by atoms with E-state index >= 15 is 0 Å². The summed E-state index contributed by atoms with van der Waals surface area (Å²) >= 11 is 1.14. The fourth-order valence-electron chi connectivity index (χ4n) is 2.94. The minimum absolute atomic E-state index is 0.00673. The first-order chi connectivity index (χ1) is 16.0. The summed E-state index contributed by atoms with van der Waals surface area (Å²) in [5.41, 5.74) is 1.91. The van der Waals surface area contributed by atoms with Crippen molar-refractivity contribution in [2.75, 3.05) is 10.6 Å². The van der Waals surface area contributed by atoms with Crippen molar-refractivity contribution >= 4 is 34.0 Å². The molecule has 2 N–H and O–H groups in total. The summed E-state index contributed by atoms with van der Waals surface area (Å²) in [7, 11) is 0. The first-order valence-electron chi connectivity index (χ1n) is 9.62. The van der Waals surface area contributed by atoms with E-state index in [-0.39, 0.29) is 16.8 Å². The van der Waals surface area contributed by atoms with Crippen LogP contribution in [0.25, 0.3) is 11.3 Å². The molecule has 2 aromatic carbocycles. The lowest BCUT2D eigenvalue weighted by molar-refractivity contribution is -0.0494. The molecule has 0 radical (unpaired) electrons. The second-order valence-corrected chi connectivity index (χ2v) is 7.50. The van der Waals surface area contributed by atoms with Gasteiger partial charge in [0.15, 0.2) is 5.13 Å². The summed E-state index contributed by atoms with van der Waals surface area (Å²) in [5, 5.41) is 7.31. The molecule has 0 aliphatic rings. The molecule has 2 aromatic heterocycles. The summed E-state index contributed by atoms with van der Waals surface area (Å²) in [6.07, 6.45) is 3.01.